The molecule has 0 aliphatic heterocycles. The maximum absolute atomic E-state index is 12.7. The summed E-state index contributed by atoms with van der Waals surface area (Å²) in [5.74, 6) is -0.649. The van der Waals surface area contributed by atoms with Gasteiger partial charge in [-0.2, -0.15) is 0 Å². The van der Waals surface area contributed by atoms with Gasteiger partial charge in [0.15, 0.2) is 5.78 Å². The van der Waals surface area contributed by atoms with Crippen LogP contribution < -0.4 is 34.7 Å². The number of fused-ring (bicyclic) bond motifs is 1. The zero-order valence-corrected chi connectivity index (χ0v) is 9.71. The third-order valence-electron chi connectivity index (χ3n) is 2.13. The van der Waals surface area contributed by atoms with Gasteiger partial charge >= 0.3 is 29.6 Å². The Morgan fingerprint density at radius 1 is 1.43 bits per heavy atom. The van der Waals surface area contributed by atoms with E-state index in [9.17, 15) is 14.3 Å². The number of benzene rings is 1. The SMILES string of the molecule is O=C1/C(=C\[O-])Cc2cc(F)ccc21.[Na+]. The number of hydrogen-bond acceptors (Lipinski definition) is 2. The molecule has 0 fully saturated rings. The van der Waals surface area contributed by atoms with Crippen molar-refractivity contribution in [2.75, 3.05) is 0 Å². The summed E-state index contributed by atoms with van der Waals surface area (Å²) in [4.78, 5) is 11.3. The maximum atomic E-state index is 12.7. The summed E-state index contributed by atoms with van der Waals surface area (Å²) in [6.45, 7) is 0. The average molecular weight is 200 g/mol. The number of carbonyl (C=O) groups is 1. The number of rotatable bonds is 0. The summed E-state index contributed by atoms with van der Waals surface area (Å²) in [5, 5.41) is 10.4. The van der Waals surface area contributed by atoms with Crippen molar-refractivity contribution in [1.82, 2.24) is 0 Å². The molecular formula is C10H6FNaO2. The molecule has 0 N–H and O–H groups in total. The molecule has 0 saturated carbocycles. The Bertz CT molecular complexity index is 413. The molecule has 2 nitrogen and oxygen atoms in total. The Morgan fingerprint density at radius 3 is 2.79 bits per heavy atom. The molecule has 1 aliphatic rings. The molecule has 0 radical (unpaired) electrons. The van der Waals surface area contributed by atoms with E-state index in [1.807, 2.05) is 0 Å². The molecule has 4 heteroatoms. The quantitative estimate of drug-likeness (QED) is 0.271. The molecule has 0 heterocycles. The van der Waals surface area contributed by atoms with Crippen LogP contribution in [0.1, 0.15) is 15.9 Å². The summed E-state index contributed by atoms with van der Waals surface area (Å²) in [7, 11) is 0. The minimum atomic E-state index is -0.376. The van der Waals surface area contributed by atoms with Gasteiger partial charge in [0.1, 0.15) is 5.82 Å². The number of Topliss-reactive ketones (excluding diaryl/α,β-unsaturated/α-hetero) is 1. The number of halogens is 1. The van der Waals surface area contributed by atoms with E-state index in [2.05, 4.69) is 0 Å². The molecule has 1 aromatic rings. The van der Waals surface area contributed by atoms with Gasteiger partial charge < -0.3 is 5.11 Å². The first-order chi connectivity index (χ1) is 6.22. The van der Waals surface area contributed by atoms with Crippen LogP contribution in [0.15, 0.2) is 30.0 Å². The fourth-order valence-corrected chi connectivity index (χ4v) is 1.48. The molecule has 0 spiro atoms. The predicted molar refractivity (Wildman–Crippen MR) is 42.5 cm³/mol. The molecule has 0 saturated heterocycles. The van der Waals surface area contributed by atoms with Crippen LogP contribution in [-0.2, 0) is 6.42 Å². The van der Waals surface area contributed by atoms with E-state index >= 15 is 0 Å². The number of carbonyl (C=O) groups excluding carboxylic acids is 1. The van der Waals surface area contributed by atoms with Crippen molar-refractivity contribution in [3.8, 4) is 0 Å². The number of ketones is 1. The number of hydrogen-bond donors (Lipinski definition) is 0. The molecule has 0 amide bonds. The Kier molecular flexibility index (Phi) is 3.48. The van der Waals surface area contributed by atoms with Crippen LogP contribution in [0.2, 0.25) is 0 Å². The first-order valence-electron chi connectivity index (χ1n) is 3.86. The van der Waals surface area contributed by atoms with E-state index in [0.717, 1.165) is 0 Å². The van der Waals surface area contributed by atoms with Gasteiger partial charge in [-0.1, -0.05) is 0 Å². The van der Waals surface area contributed by atoms with Crippen LogP contribution in [0.3, 0.4) is 0 Å². The van der Waals surface area contributed by atoms with Crippen LogP contribution in [0.25, 0.3) is 0 Å². The van der Waals surface area contributed by atoms with E-state index in [0.29, 0.717) is 17.4 Å². The van der Waals surface area contributed by atoms with E-state index in [1.165, 1.54) is 18.2 Å². The average Bonchev–Trinajstić information content (AvgIpc) is 2.42. The van der Waals surface area contributed by atoms with Crippen molar-refractivity contribution in [2.45, 2.75) is 6.42 Å². The maximum Gasteiger partial charge on any atom is 1.00 e. The summed E-state index contributed by atoms with van der Waals surface area (Å²) in [6.07, 6.45) is 0.801. The Morgan fingerprint density at radius 2 is 2.14 bits per heavy atom. The van der Waals surface area contributed by atoms with Gasteiger partial charge in [-0.15, -0.1) is 6.26 Å². The Hall–Kier alpha value is -0.640. The van der Waals surface area contributed by atoms with Gasteiger partial charge in [0, 0.05) is 12.0 Å². The second kappa shape index (κ2) is 4.26. The van der Waals surface area contributed by atoms with Gasteiger partial charge in [0.25, 0.3) is 0 Å². The van der Waals surface area contributed by atoms with Crippen LogP contribution >= 0.6 is 0 Å². The summed E-state index contributed by atoms with van der Waals surface area (Å²) in [5.41, 5.74) is 1.26. The fourth-order valence-electron chi connectivity index (χ4n) is 1.48. The summed E-state index contributed by atoms with van der Waals surface area (Å²) < 4.78 is 12.7. The zero-order valence-electron chi connectivity index (χ0n) is 7.71. The van der Waals surface area contributed by atoms with E-state index in [-0.39, 0.29) is 53.2 Å². The van der Waals surface area contributed by atoms with Gasteiger partial charge in [-0.3, -0.25) is 4.79 Å². The standard InChI is InChI=1S/C10H7FO2.Na/c11-8-1-2-9-6(4-8)3-7(5-12)10(9)13;/h1-2,4-5,12H,3H2;/q;+1/p-1/b7-5-;. The van der Waals surface area contributed by atoms with Crippen molar-refractivity contribution in [3.05, 3.63) is 47.0 Å². The van der Waals surface area contributed by atoms with Crippen molar-refractivity contribution in [1.29, 1.82) is 0 Å². The monoisotopic (exact) mass is 200 g/mol. The van der Waals surface area contributed by atoms with Gasteiger partial charge in [0.05, 0.1) is 0 Å². The first-order valence-corrected chi connectivity index (χ1v) is 3.86. The van der Waals surface area contributed by atoms with E-state index < -0.39 is 0 Å². The summed E-state index contributed by atoms with van der Waals surface area (Å²) in [6, 6.07) is 3.94. The molecule has 0 atom stereocenters. The molecule has 66 valence electrons. The molecule has 0 bridgehead atoms. The molecule has 0 aromatic heterocycles. The molecule has 2 rings (SSSR count). The molecular weight excluding hydrogens is 194 g/mol. The minimum Gasteiger partial charge on any atom is -0.878 e. The van der Waals surface area contributed by atoms with Gasteiger partial charge in [-0.05, 0) is 29.3 Å². The Labute approximate surface area is 103 Å². The third-order valence-corrected chi connectivity index (χ3v) is 2.13. The first kappa shape index (κ1) is 11.4. The van der Waals surface area contributed by atoms with Crippen molar-refractivity contribution in [3.63, 3.8) is 0 Å². The molecule has 0 unspecified atom stereocenters. The van der Waals surface area contributed by atoms with Crippen LogP contribution in [-0.4, -0.2) is 5.78 Å². The van der Waals surface area contributed by atoms with Crippen LogP contribution in [0, 0.1) is 5.82 Å². The van der Waals surface area contributed by atoms with Crippen molar-refractivity contribution >= 4 is 5.78 Å². The second-order valence-corrected chi connectivity index (χ2v) is 2.95. The van der Waals surface area contributed by atoms with E-state index in [4.69, 9.17) is 0 Å². The van der Waals surface area contributed by atoms with Gasteiger partial charge in [-0.25, -0.2) is 4.39 Å². The van der Waals surface area contributed by atoms with Crippen LogP contribution in [0.4, 0.5) is 4.39 Å². The predicted octanol–water partition coefficient (Wildman–Crippen LogP) is -2.19. The van der Waals surface area contributed by atoms with Crippen LogP contribution in [0.5, 0.6) is 0 Å². The minimum absolute atomic E-state index is 0. The number of allylic oxidation sites excluding steroid dienone is 1. The van der Waals surface area contributed by atoms with Gasteiger partial charge in [0.2, 0.25) is 0 Å². The zero-order chi connectivity index (χ0) is 9.42. The summed E-state index contributed by atoms with van der Waals surface area (Å²) >= 11 is 0. The molecule has 1 aromatic carbocycles. The molecule has 1 aliphatic carbocycles. The van der Waals surface area contributed by atoms with E-state index in [1.54, 1.807) is 0 Å². The second-order valence-electron chi connectivity index (χ2n) is 2.95. The fraction of sp³-hybridized carbons (Fsp3) is 0.100. The Balaban J connectivity index is 0.000000980. The smallest absolute Gasteiger partial charge is 0.878 e. The largest absolute Gasteiger partial charge is 1.00 e. The third kappa shape index (κ3) is 1.75. The molecule has 14 heavy (non-hydrogen) atoms. The van der Waals surface area contributed by atoms with Crippen molar-refractivity contribution in [2.24, 2.45) is 0 Å². The van der Waals surface area contributed by atoms with Crippen molar-refractivity contribution < 1.29 is 43.8 Å². The normalized spacial score (nSPS) is 16.6. The topological polar surface area (TPSA) is 40.1 Å².